The molecule has 27 heavy (non-hydrogen) atoms. The van der Waals surface area contributed by atoms with E-state index in [9.17, 15) is 4.79 Å². The minimum atomic E-state index is -0.170. The summed E-state index contributed by atoms with van der Waals surface area (Å²) in [6, 6.07) is 8.27. The topological polar surface area (TPSA) is 54.5 Å². The average Bonchev–Trinajstić information content (AvgIpc) is 3.10. The van der Waals surface area contributed by atoms with Crippen molar-refractivity contribution >= 4 is 28.5 Å². The SMILES string of the molecule is CCOc1ccc(/C=C/C(=O)Nc2ncc(CN3CCCCC3C)s2)cc1. The molecule has 5 nitrogen and oxygen atoms in total. The lowest BCUT2D eigenvalue weighted by molar-refractivity contribution is -0.111. The molecule has 0 radical (unpaired) electrons. The van der Waals surface area contributed by atoms with Gasteiger partial charge in [-0.15, -0.1) is 11.3 Å². The molecule has 1 aliphatic rings. The second-order valence-corrected chi connectivity index (χ2v) is 7.89. The number of nitrogens with zero attached hydrogens (tertiary/aromatic N) is 2. The highest BCUT2D eigenvalue weighted by atomic mass is 32.1. The monoisotopic (exact) mass is 385 g/mol. The van der Waals surface area contributed by atoms with Gasteiger partial charge in [0, 0.05) is 29.7 Å². The lowest BCUT2D eigenvalue weighted by Crippen LogP contribution is -2.36. The number of hydrogen-bond acceptors (Lipinski definition) is 5. The Morgan fingerprint density at radius 3 is 2.93 bits per heavy atom. The number of carbonyl (C=O) groups excluding carboxylic acids is 1. The molecule has 6 heteroatoms. The molecule has 1 aromatic carbocycles. The van der Waals surface area contributed by atoms with Crippen molar-refractivity contribution in [3.63, 3.8) is 0 Å². The zero-order valence-corrected chi connectivity index (χ0v) is 16.8. The molecule has 1 aliphatic heterocycles. The summed E-state index contributed by atoms with van der Waals surface area (Å²) < 4.78 is 5.42. The maximum Gasteiger partial charge on any atom is 0.250 e. The average molecular weight is 386 g/mol. The second-order valence-electron chi connectivity index (χ2n) is 6.77. The molecule has 2 aromatic rings. The number of benzene rings is 1. The lowest BCUT2D eigenvalue weighted by Gasteiger charge is -2.32. The van der Waals surface area contributed by atoms with E-state index in [1.54, 1.807) is 17.4 Å². The van der Waals surface area contributed by atoms with Gasteiger partial charge in [-0.2, -0.15) is 0 Å². The smallest absolute Gasteiger partial charge is 0.250 e. The third-order valence-electron chi connectivity index (χ3n) is 4.70. The maximum absolute atomic E-state index is 12.1. The zero-order valence-electron chi connectivity index (χ0n) is 16.0. The third kappa shape index (κ3) is 5.91. The van der Waals surface area contributed by atoms with Crippen LogP contribution >= 0.6 is 11.3 Å². The van der Waals surface area contributed by atoms with Crippen molar-refractivity contribution in [3.05, 3.63) is 47.0 Å². The number of likely N-dealkylation sites (tertiary alicyclic amines) is 1. The summed E-state index contributed by atoms with van der Waals surface area (Å²) in [4.78, 5) is 20.2. The number of anilines is 1. The van der Waals surface area contributed by atoms with E-state index in [-0.39, 0.29) is 5.91 Å². The molecule has 0 bridgehead atoms. The number of aromatic nitrogens is 1. The van der Waals surface area contributed by atoms with Gasteiger partial charge in [0.25, 0.3) is 0 Å². The Balaban J connectivity index is 1.51. The summed E-state index contributed by atoms with van der Waals surface area (Å²) >= 11 is 1.55. The van der Waals surface area contributed by atoms with Crippen molar-refractivity contribution in [1.82, 2.24) is 9.88 Å². The van der Waals surface area contributed by atoms with Gasteiger partial charge in [-0.25, -0.2) is 4.98 Å². The van der Waals surface area contributed by atoms with Gasteiger partial charge in [0.1, 0.15) is 5.75 Å². The van der Waals surface area contributed by atoms with Crippen molar-refractivity contribution in [2.24, 2.45) is 0 Å². The van der Waals surface area contributed by atoms with Gasteiger partial charge in [0.15, 0.2) is 5.13 Å². The van der Waals surface area contributed by atoms with Crippen LogP contribution in [0.2, 0.25) is 0 Å². The molecule has 1 amide bonds. The van der Waals surface area contributed by atoms with Crippen LogP contribution in [-0.2, 0) is 11.3 Å². The van der Waals surface area contributed by atoms with Crippen molar-refractivity contribution in [2.45, 2.75) is 45.7 Å². The van der Waals surface area contributed by atoms with E-state index in [0.717, 1.165) is 24.4 Å². The number of nitrogens with one attached hydrogen (secondary N) is 1. The highest BCUT2D eigenvalue weighted by molar-refractivity contribution is 7.15. The first-order chi connectivity index (χ1) is 13.1. The number of piperidine rings is 1. The number of thiazole rings is 1. The van der Waals surface area contributed by atoms with Crippen molar-refractivity contribution < 1.29 is 9.53 Å². The zero-order chi connectivity index (χ0) is 19.1. The molecule has 1 saturated heterocycles. The van der Waals surface area contributed by atoms with Gasteiger partial charge >= 0.3 is 0 Å². The third-order valence-corrected chi connectivity index (χ3v) is 5.60. The Hall–Kier alpha value is -2.18. The first kappa shape index (κ1) is 19.6. The molecule has 1 fully saturated rings. The molecule has 1 N–H and O–H groups in total. The quantitative estimate of drug-likeness (QED) is 0.710. The van der Waals surface area contributed by atoms with Gasteiger partial charge in [0.05, 0.1) is 6.61 Å². The first-order valence-electron chi connectivity index (χ1n) is 9.54. The number of carbonyl (C=O) groups is 1. The van der Waals surface area contributed by atoms with E-state index < -0.39 is 0 Å². The highest BCUT2D eigenvalue weighted by Crippen LogP contribution is 2.24. The molecule has 144 valence electrons. The largest absolute Gasteiger partial charge is 0.494 e. The second kappa shape index (κ2) is 9.67. The van der Waals surface area contributed by atoms with Crippen LogP contribution in [0.15, 0.2) is 36.5 Å². The van der Waals surface area contributed by atoms with Crippen LogP contribution < -0.4 is 10.1 Å². The highest BCUT2D eigenvalue weighted by Gasteiger charge is 2.19. The number of hydrogen-bond donors (Lipinski definition) is 1. The van der Waals surface area contributed by atoms with Gasteiger partial charge in [0.2, 0.25) is 5.91 Å². The molecular formula is C21H27N3O2S. The molecule has 1 unspecified atom stereocenters. The van der Waals surface area contributed by atoms with Crippen LogP contribution in [0.25, 0.3) is 6.08 Å². The molecule has 2 heterocycles. The van der Waals surface area contributed by atoms with Crippen molar-refractivity contribution in [3.8, 4) is 5.75 Å². The summed E-state index contributed by atoms with van der Waals surface area (Å²) in [5, 5.41) is 3.50. The Bertz CT molecular complexity index is 770. The van der Waals surface area contributed by atoms with Crippen LogP contribution in [0.1, 0.15) is 43.6 Å². The normalized spacial score (nSPS) is 17.9. The summed E-state index contributed by atoms with van der Waals surface area (Å²) in [5.41, 5.74) is 0.951. The molecule has 1 atom stereocenters. The Labute approximate surface area is 165 Å². The van der Waals surface area contributed by atoms with Gasteiger partial charge in [-0.1, -0.05) is 18.6 Å². The number of ether oxygens (including phenoxy) is 1. The fraction of sp³-hybridized carbons (Fsp3) is 0.429. The van der Waals surface area contributed by atoms with Crippen LogP contribution in [0.3, 0.4) is 0 Å². The van der Waals surface area contributed by atoms with Gasteiger partial charge in [-0.3, -0.25) is 15.0 Å². The fourth-order valence-corrected chi connectivity index (χ4v) is 4.03. The van der Waals surface area contributed by atoms with E-state index in [4.69, 9.17) is 4.74 Å². The summed E-state index contributed by atoms with van der Waals surface area (Å²) in [5.74, 6) is 0.661. The van der Waals surface area contributed by atoms with E-state index >= 15 is 0 Å². The lowest BCUT2D eigenvalue weighted by atomic mass is 10.0. The van der Waals surface area contributed by atoms with Crippen LogP contribution in [0, 0.1) is 0 Å². The van der Waals surface area contributed by atoms with Crippen molar-refractivity contribution in [2.75, 3.05) is 18.5 Å². The van der Waals surface area contributed by atoms with Crippen molar-refractivity contribution in [1.29, 1.82) is 0 Å². The van der Waals surface area contributed by atoms with Gasteiger partial charge < -0.3 is 4.74 Å². The Morgan fingerprint density at radius 2 is 2.19 bits per heavy atom. The van der Waals surface area contributed by atoms with Gasteiger partial charge in [-0.05, 0) is 57.0 Å². The van der Waals surface area contributed by atoms with E-state index in [1.165, 1.54) is 30.2 Å². The van der Waals surface area contributed by atoms with Crippen LogP contribution in [0.5, 0.6) is 5.75 Å². The predicted octanol–water partition coefficient (Wildman–Crippen LogP) is 4.57. The summed E-state index contributed by atoms with van der Waals surface area (Å²) in [6.45, 7) is 6.94. The first-order valence-corrected chi connectivity index (χ1v) is 10.4. The van der Waals surface area contributed by atoms with Crippen LogP contribution in [-0.4, -0.2) is 35.0 Å². The van der Waals surface area contributed by atoms with E-state index in [0.29, 0.717) is 17.8 Å². The summed E-state index contributed by atoms with van der Waals surface area (Å²) in [6.07, 6.45) is 9.04. The molecule has 1 aromatic heterocycles. The molecule has 0 aliphatic carbocycles. The molecule has 3 rings (SSSR count). The standard InChI is InChI=1S/C21H27N3O2S/c1-3-26-18-10-7-17(8-11-18)9-12-20(25)23-21-22-14-19(27-21)15-24-13-5-4-6-16(24)2/h7-12,14,16H,3-6,13,15H2,1-2H3,(H,22,23,25)/b12-9+. The molecular weight excluding hydrogens is 358 g/mol. The minimum absolute atomic E-state index is 0.170. The van der Waals surface area contributed by atoms with E-state index in [1.807, 2.05) is 37.4 Å². The molecule has 0 saturated carbocycles. The predicted molar refractivity (Wildman–Crippen MR) is 111 cm³/mol. The number of rotatable bonds is 7. The Kier molecular flexibility index (Phi) is 7.01. The molecule has 0 spiro atoms. The Morgan fingerprint density at radius 1 is 1.37 bits per heavy atom. The van der Waals surface area contributed by atoms with E-state index in [2.05, 4.69) is 22.1 Å². The number of amides is 1. The maximum atomic E-state index is 12.1. The van der Waals surface area contributed by atoms with Crippen LogP contribution in [0.4, 0.5) is 5.13 Å². The summed E-state index contributed by atoms with van der Waals surface area (Å²) in [7, 11) is 0. The fourth-order valence-electron chi connectivity index (χ4n) is 3.19. The minimum Gasteiger partial charge on any atom is -0.494 e.